The molecule has 1 unspecified atom stereocenters. The molecule has 0 amide bonds. The first-order chi connectivity index (χ1) is 8.43. The van der Waals surface area contributed by atoms with E-state index in [2.05, 4.69) is 21.3 Å². The van der Waals surface area contributed by atoms with Gasteiger partial charge in [-0.05, 0) is 37.9 Å². The van der Waals surface area contributed by atoms with Crippen LogP contribution in [-0.2, 0) is 0 Å². The third-order valence-electron chi connectivity index (χ3n) is 3.49. The third-order valence-corrected chi connectivity index (χ3v) is 3.49. The standard InChI is InChI=1S/C13H19N3O/c1-2-9-16(8-1)12-4-3-6-15-13(12)17-11-5-7-14-10-11/h3-4,6,11,14H,1-2,5,7-10H2. The summed E-state index contributed by atoms with van der Waals surface area (Å²) < 4.78 is 6.00. The lowest BCUT2D eigenvalue weighted by Gasteiger charge is -2.21. The number of anilines is 1. The van der Waals surface area contributed by atoms with Crippen LogP contribution < -0.4 is 15.0 Å². The zero-order chi connectivity index (χ0) is 11.5. The van der Waals surface area contributed by atoms with Crippen LogP contribution in [0.5, 0.6) is 5.88 Å². The molecule has 2 fully saturated rings. The molecular formula is C13H19N3O. The number of ether oxygens (including phenoxy) is 1. The van der Waals surface area contributed by atoms with Gasteiger partial charge in [-0.2, -0.15) is 0 Å². The Bertz CT molecular complexity index is 371. The van der Waals surface area contributed by atoms with Crippen LogP contribution in [0, 0.1) is 0 Å². The number of pyridine rings is 1. The van der Waals surface area contributed by atoms with Crippen molar-refractivity contribution in [2.75, 3.05) is 31.1 Å². The molecule has 4 heteroatoms. The quantitative estimate of drug-likeness (QED) is 0.857. The van der Waals surface area contributed by atoms with E-state index in [4.69, 9.17) is 4.74 Å². The van der Waals surface area contributed by atoms with E-state index >= 15 is 0 Å². The van der Waals surface area contributed by atoms with E-state index in [1.54, 1.807) is 0 Å². The molecule has 0 radical (unpaired) electrons. The number of nitrogens with one attached hydrogen (secondary N) is 1. The zero-order valence-electron chi connectivity index (χ0n) is 10.1. The van der Waals surface area contributed by atoms with E-state index in [1.807, 2.05) is 12.3 Å². The van der Waals surface area contributed by atoms with Gasteiger partial charge in [0.1, 0.15) is 6.10 Å². The molecule has 0 aromatic carbocycles. The Hall–Kier alpha value is -1.29. The van der Waals surface area contributed by atoms with Crippen molar-refractivity contribution in [3.63, 3.8) is 0 Å². The molecule has 0 spiro atoms. The summed E-state index contributed by atoms with van der Waals surface area (Å²) in [6, 6.07) is 4.11. The summed E-state index contributed by atoms with van der Waals surface area (Å²) in [4.78, 5) is 6.77. The summed E-state index contributed by atoms with van der Waals surface area (Å²) in [6.45, 7) is 4.25. The van der Waals surface area contributed by atoms with Gasteiger partial charge in [0, 0.05) is 25.8 Å². The van der Waals surface area contributed by atoms with Crippen molar-refractivity contribution >= 4 is 5.69 Å². The largest absolute Gasteiger partial charge is 0.471 e. The maximum Gasteiger partial charge on any atom is 0.237 e. The molecular weight excluding hydrogens is 214 g/mol. The van der Waals surface area contributed by atoms with E-state index in [9.17, 15) is 0 Å². The van der Waals surface area contributed by atoms with Crippen molar-refractivity contribution in [2.45, 2.75) is 25.4 Å². The highest BCUT2D eigenvalue weighted by Gasteiger charge is 2.21. The molecule has 0 bridgehead atoms. The molecule has 0 aliphatic carbocycles. The van der Waals surface area contributed by atoms with Crippen LogP contribution in [0.25, 0.3) is 0 Å². The van der Waals surface area contributed by atoms with Crippen molar-refractivity contribution in [3.05, 3.63) is 18.3 Å². The predicted molar refractivity (Wildman–Crippen MR) is 67.6 cm³/mol. The molecule has 2 saturated heterocycles. The first-order valence-electron chi connectivity index (χ1n) is 6.51. The minimum atomic E-state index is 0.284. The smallest absolute Gasteiger partial charge is 0.237 e. The highest BCUT2D eigenvalue weighted by atomic mass is 16.5. The molecule has 1 aromatic rings. The Kier molecular flexibility index (Phi) is 3.14. The van der Waals surface area contributed by atoms with E-state index in [0.29, 0.717) is 0 Å². The Labute approximate surface area is 102 Å². The minimum Gasteiger partial charge on any atom is -0.471 e. The van der Waals surface area contributed by atoms with Crippen LogP contribution >= 0.6 is 0 Å². The Morgan fingerprint density at radius 3 is 3.00 bits per heavy atom. The monoisotopic (exact) mass is 233 g/mol. The first-order valence-corrected chi connectivity index (χ1v) is 6.51. The van der Waals surface area contributed by atoms with Crippen molar-refractivity contribution in [1.29, 1.82) is 0 Å². The molecule has 0 saturated carbocycles. The van der Waals surface area contributed by atoms with Crippen molar-refractivity contribution < 1.29 is 4.74 Å². The maximum atomic E-state index is 6.00. The van der Waals surface area contributed by atoms with E-state index in [-0.39, 0.29) is 6.10 Å². The van der Waals surface area contributed by atoms with Gasteiger partial charge in [-0.15, -0.1) is 0 Å². The van der Waals surface area contributed by atoms with Crippen molar-refractivity contribution in [2.24, 2.45) is 0 Å². The van der Waals surface area contributed by atoms with E-state index in [0.717, 1.165) is 44.2 Å². The summed E-state index contributed by atoms with van der Waals surface area (Å²) in [5, 5.41) is 3.32. The van der Waals surface area contributed by atoms with Crippen LogP contribution in [-0.4, -0.2) is 37.3 Å². The first kappa shape index (κ1) is 10.8. The molecule has 1 aromatic heterocycles. The van der Waals surface area contributed by atoms with Crippen LogP contribution in [0.2, 0.25) is 0 Å². The predicted octanol–water partition coefficient (Wildman–Crippen LogP) is 1.42. The molecule has 17 heavy (non-hydrogen) atoms. The molecule has 3 rings (SSSR count). The van der Waals surface area contributed by atoms with E-state index in [1.165, 1.54) is 12.8 Å². The average molecular weight is 233 g/mol. The van der Waals surface area contributed by atoms with Gasteiger partial charge in [-0.1, -0.05) is 0 Å². The Morgan fingerprint density at radius 1 is 1.35 bits per heavy atom. The summed E-state index contributed by atoms with van der Waals surface area (Å²) in [5.74, 6) is 0.808. The van der Waals surface area contributed by atoms with Gasteiger partial charge in [0.15, 0.2) is 0 Å². The fraction of sp³-hybridized carbons (Fsp3) is 0.615. The summed E-state index contributed by atoms with van der Waals surface area (Å²) in [6.07, 6.45) is 5.73. The van der Waals surface area contributed by atoms with Gasteiger partial charge >= 0.3 is 0 Å². The van der Waals surface area contributed by atoms with Gasteiger partial charge in [0.2, 0.25) is 5.88 Å². The fourth-order valence-electron chi connectivity index (χ4n) is 2.56. The van der Waals surface area contributed by atoms with Gasteiger partial charge in [-0.25, -0.2) is 4.98 Å². The lowest BCUT2D eigenvalue weighted by molar-refractivity contribution is 0.214. The molecule has 3 heterocycles. The fourth-order valence-corrected chi connectivity index (χ4v) is 2.56. The summed E-state index contributed by atoms with van der Waals surface area (Å²) in [7, 11) is 0. The number of rotatable bonds is 3. The van der Waals surface area contributed by atoms with Gasteiger partial charge in [0.25, 0.3) is 0 Å². The van der Waals surface area contributed by atoms with Crippen LogP contribution in [0.3, 0.4) is 0 Å². The van der Waals surface area contributed by atoms with Crippen molar-refractivity contribution in [3.8, 4) is 5.88 Å². The maximum absolute atomic E-state index is 6.00. The molecule has 4 nitrogen and oxygen atoms in total. The Balaban J connectivity index is 1.77. The van der Waals surface area contributed by atoms with Gasteiger partial charge in [-0.3, -0.25) is 0 Å². The van der Waals surface area contributed by atoms with Gasteiger partial charge in [0.05, 0.1) is 5.69 Å². The second kappa shape index (κ2) is 4.92. The second-order valence-corrected chi connectivity index (χ2v) is 4.75. The normalized spacial score (nSPS) is 24.2. The van der Waals surface area contributed by atoms with Crippen LogP contribution in [0.4, 0.5) is 5.69 Å². The second-order valence-electron chi connectivity index (χ2n) is 4.75. The summed E-state index contributed by atoms with van der Waals surface area (Å²) in [5.41, 5.74) is 1.16. The Morgan fingerprint density at radius 2 is 2.24 bits per heavy atom. The van der Waals surface area contributed by atoms with Crippen LogP contribution in [0.15, 0.2) is 18.3 Å². The highest BCUT2D eigenvalue weighted by molar-refractivity contribution is 5.55. The lowest BCUT2D eigenvalue weighted by atomic mass is 10.3. The molecule has 92 valence electrons. The average Bonchev–Trinajstić information content (AvgIpc) is 3.01. The number of hydrogen-bond acceptors (Lipinski definition) is 4. The molecule has 1 atom stereocenters. The topological polar surface area (TPSA) is 37.4 Å². The van der Waals surface area contributed by atoms with E-state index < -0.39 is 0 Å². The molecule has 2 aliphatic heterocycles. The summed E-state index contributed by atoms with van der Waals surface area (Å²) >= 11 is 0. The third kappa shape index (κ3) is 2.36. The molecule has 2 aliphatic rings. The SMILES string of the molecule is c1cnc(OC2CCNC2)c(N2CCCC2)c1. The van der Waals surface area contributed by atoms with Crippen LogP contribution in [0.1, 0.15) is 19.3 Å². The number of nitrogens with zero attached hydrogens (tertiary/aromatic N) is 2. The highest BCUT2D eigenvalue weighted by Crippen LogP contribution is 2.29. The lowest BCUT2D eigenvalue weighted by Crippen LogP contribution is -2.23. The van der Waals surface area contributed by atoms with Gasteiger partial charge < -0.3 is 15.0 Å². The molecule has 1 N–H and O–H groups in total. The van der Waals surface area contributed by atoms with Crippen molar-refractivity contribution in [1.82, 2.24) is 10.3 Å². The number of hydrogen-bond donors (Lipinski definition) is 1. The minimum absolute atomic E-state index is 0.284. The number of aromatic nitrogens is 1. The zero-order valence-corrected chi connectivity index (χ0v) is 10.1.